The first-order valence-electron chi connectivity index (χ1n) is 10.3. The van der Waals surface area contributed by atoms with Gasteiger partial charge in [-0.25, -0.2) is 4.79 Å². The van der Waals surface area contributed by atoms with E-state index < -0.39 is 6.10 Å². The molecule has 2 aromatic heterocycles. The lowest BCUT2D eigenvalue weighted by atomic mass is 10.0. The predicted octanol–water partition coefficient (Wildman–Crippen LogP) is 3.60. The van der Waals surface area contributed by atoms with Crippen molar-refractivity contribution in [1.29, 1.82) is 0 Å². The quantitative estimate of drug-likeness (QED) is 0.435. The maximum absolute atomic E-state index is 13.4. The Morgan fingerprint density at radius 2 is 1.81 bits per heavy atom. The van der Waals surface area contributed by atoms with E-state index in [0.29, 0.717) is 29.8 Å². The zero-order chi connectivity index (χ0) is 22.6. The van der Waals surface area contributed by atoms with E-state index in [1.165, 1.54) is 7.05 Å². The summed E-state index contributed by atoms with van der Waals surface area (Å²) < 4.78 is 17.6. The molecule has 1 unspecified atom stereocenters. The van der Waals surface area contributed by atoms with Crippen LogP contribution in [0.5, 0.6) is 5.75 Å². The predicted molar refractivity (Wildman–Crippen MR) is 126 cm³/mol. The smallest absolute Gasteiger partial charge is 0.331 e. The molecule has 0 amide bonds. The van der Waals surface area contributed by atoms with Crippen LogP contribution in [0, 0.1) is 0 Å². The largest absolute Gasteiger partial charge is 0.496 e. The average Bonchev–Trinajstić information content (AvgIpc) is 3.17. The van der Waals surface area contributed by atoms with Crippen LogP contribution in [0.1, 0.15) is 17.4 Å². The summed E-state index contributed by atoms with van der Waals surface area (Å²) in [4.78, 5) is 26.3. The maximum atomic E-state index is 13.4. The van der Waals surface area contributed by atoms with Crippen molar-refractivity contribution in [3.05, 3.63) is 85.1 Å². The van der Waals surface area contributed by atoms with Crippen molar-refractivity contribution in [2.24, 2.45) is 14.1 Å². The highest BCUT2D eigenvalue weighted by atomic mass is 79.9. The van der Waals surface area contributed by atoms with E-state index in [1.54, 1.807) is 18.7 Å². The number of aromatic nitrogens is 3. The minimum absolute atomic E-state index is 0.316. The first-order chi connectivity index (χ1) is 15.4. The highest BCUT2D eigenvalue weighted by molar-refractivity contribution is 9.10. The van der Waals surface area contributed by atoms with Crippen molar-refractivity contribution in [2.75, 3.05) is 13.7 Å². The SMILES string of the molecule is COc1ccc(Br)cc1C1OCCn2c(-c3ccccc3)c3c(=O)n(C)c(=O)n(C)c3c21. The van der Waals surface area contributed by atoms with E-state index in [0.717, 1.165) is 31.6 Å². The maximum Gasteiger partial charge on any atom is 0.331 e. The van der Waals surface area contributed by atoms with Crippen LogP contribution < -0.4 is 16.0 Å². The van der Waals surface area contributed by atoms with Crippen molar-refractivity contribution in [3.8, 4) is 17.0 Å². The van der Waals surface area contributed by atoms with E-state index in [2.05, 4.69) is 20.5 Å². The standard InChI is InChI=1S/C24H22BrN3O4/c1-26-20-18(23(29)27(2)24(26)30)19(14-7-5-4-6-8-14)28-11-12-32-22(21(20)28)16-13-15(25)9-10-17(16)31-3/h4-10,13,22H,11-12H2,1-3H3. The molecule has 0 spiro atoms. The molecule has 1 atom stereocenters. The lowest BCUT2D eigenvalue weighted by molar-refractivity contribution is 0.0463. The van der Waals surface area contributed by atoms with E-state index in [-0.39, 0.29) is 11.2 Å². The lowest BCUT2D eigenvalue weighted by Crippen LogP contribution is -2.37. The third kappa shape index (κ3) is 2.97. The molecule has 4 aromatic rings. The number of methoxy groups -OCH3 is 1. The molecule has 164 valence electrons. The minimum atomic E-state index is -0.506. The molecule has 3 heterocycles. The van der Waals surface area contributed by atoms with Crippen molar-refractivity contribution in [3.63, 3.8) is 0 Å². The molecule has 2 aromatic carbocycles. The Bertz CT molecular complexity index is 1470. The van der Waals surface area contributed by atoms with Gasteiger partial charge in [-0.3, -0.25) is 13.9 Å². The molecule has 1 aliphatic heterocycles. The van der Waals surface area contributed by atoms with Crippen LogP contribution in [0.4, 0.5) is 0 Å². The van der Waals surface area contributed by atoms with E-state index in [9.17, 15) is 9.59 Å². The first kappa shape index (κ1) is 20.8. The molecule has 5 rings (SSSR count). The van der Waals surface area contributed by atoms with Crippen LogP contribution in [0.25, 0.3) is 22.2 Å². The van der Waals surface area contributed by atoms with Crippen LogP contribution in [0.2, 0.25) is 0 Å². The van der Waals surface area contributed by atoms with Crippen LogP contribution in [-0.2, 0) is 25.4 Å². The fraction of sp³-hybridized carbons (Fsp3) is 0.250. The Hall–Kier alpha value is -3.10. The third-order valence-corrected chi connectivity index (χ3v) is 6.57. The Labute approximate surface area is 192 Å². The Kier molecular flexibility index (Phi) is 5.06. The number of benzene rings is 2. The monoisotopic (exact) mass is 495 g/mol. The highest BCUT2D eigenvalue weighted by Crippen LogP contribution is 2.43. The van der Waals surface area contributed by atoms with Gasteiger partial charge in [-0.15, -0.1) is 0 Å². The summed E-state index contributed by atoms with van der Waals surface area (Å²) in [5.74, 6) is 0.677. The van der Waals surface area contributed by atoms with Gasteiger partial charge in [0.2, 0.25) is 0 Å². The normalized spacial score (nSPS) is 15.7. The molecule has 32 heavy (non-hydrogen) atoms. The van der Waals surface area contributed by atoms with Gasteiger partial charge >= 0.3 is 5.69 Å². The van der Waals surface area contributed by atoms with Crippen molar-refractivity contribution in [1.82, 2.24) is 13.7 Å². The van der Waals surface area contributed by atoms with E-state index in [1.807, 2.05) is 48.5 Å². The van der Waals surface area contributed by atoms with Gasteiger partial charge in [0.15, 0.2) is 0 Å². The zero-order valence-electron chi connectivity index (χ0n) is 18.0. The summed E-state index contributed by atoms with van der Waals surface area (Å²) in [5.41, 5.74) is 3.22. The summed E-state index contributed by atoms with van der Waals surface area (Å²) in [6, 6.07) is 15.5. The Balaban J connectivity index is 1.96. The third-order valence-electron chi connectivity index (χ3n) is 6.07. The van der Waals surface area contributed by atoms with Crippen molar-refractivity contribution >= 4 is 26.8 Å². The van der Waals surface area contributed by atoms with Crippen molar-refractivity contribution in [2.45, 2.75) is 12.6 Å². The molecule has 0 saturated carbocycles. The summed E-state index contributed by atoms with van der Waals surface area (Å²) in [5, 5.41) is 0.514. The van der Waals surface area contributed by atoms with Gasteiger partial charge in [0, 0.05) is 30.7 Å². The highest BCUT2D eigenvalue weighted by Gasteiger charge is 2.34. The first-order valence-corrected chi connectivity index (χ1v) is 11.1. The molecule has 0 N–H and O–H groups in total. The van der Waals surface area contributed by atoms with Crippen LogP contribution in [0.3, 0.4) is 0 Å². The molecule has 1 aliphatic rings. The second kappa shape index (κ2) is 7.79. The van der Waals surface area contributed by atoms with Gasteiger partial charge in [-0.1, -0.05) is 46.3 Å². The number of hydrogen-bond donors (Lipinski definition) is 0. The van der Waals surface area contributed by atoms with Gasteiger partial charge in [0.05, 0.1) is 36.0 Å². The number of aryl methyl sites for hydroxylation is 1. The Morgan fingerprint density at radius 1 is 1.06 bits per heavy atom. The number of halogens is 1. The van der Waals surface area contributed by atoms with Crippen molar-refractivity contribution < 1.29 is 9.47 Å². The molecule has 0 saturated heterocycles. The topological polar surface area (TPSA) is 67.4 Å². The molecule has 0 radical (unpaired) electrons. The van der Waals surface area contributed by atoms with Gasteiger partial charge in [-0.2, -0.15) is 0 Å². The molecular formula is C24H22BrN3O4. The molecule has 8 heteroatoms. The van der Waals surface area contributed by atoms with E-state index in [4.69, 9.17) is 9.47 Å². The summed E-state index contributed by atoms with van der Waals surface area (Å²) in [6.45, 7) is 1.03. The number of rotatable bonds is 3. The number of fused-ring (bicyclic) bond motifs is 3. The average molecular weight is 496 g/mol. The second-order valence-corrected chi connectivity index (χ2v) is 8.73. The number of nitrogens with zero attached hydrogens (tertiary/aromatic N) is 3. The van der Waals surface area contributed by atoms with Gasteiger partial charge in [-0.05, 0) is 23.8 Å². The molecule has 0 fully saturated rings. The fourth-order valence-corrected chi connectivity index (χ4v) is 5.00. The van der Waals surface area contributed by atoms with Gasteiger partial charge in [0.25, 0.3) is 5.56 Å². The summed E-state index contributed by atoms with van der Waals surface area (Å²) >= 11 is 3.54. The molecule has 0 bridgehead atoms. The summed E-state index contributed by atoms with van der Waals surface area (Å²) in [7, 11) is 4.83. The Morgan fingerprint density at radius 3 is 2.53 bits per heavy atom. The van der Waals surface area contributed by atoms with Crippen LogP contribution in [0.15, 0.2) is 62.6 Å². The van der Waals surface area contributed by atoms with E-state index >= 15 is 0 Å². The fourth-order valence-electron chi connectivity index (χ4n) is 4.62. The van der Waals surface area contributed by atoms with Crippen LogP contribution >= 0.6 is 15.9 Å². The minimum Gasteiger partial charge on any atom is -0.496 e. The number of ether oxygens (including phenoxy) is 2. The second-order valence-electron chi connectivity index (χ2n) is 7.82. The molecule has 7 nitrogen and oxygen atoms in total. The van der Waals surface area contributed by atoms with Gasteiger partial charge < -0.3 is 14.0 Å². The number of hydrogen-bond acceptors (Lipinski definition) is 4. The zero-order valence-corrected chi connectivity index (χ0v) is 19.5. The summed E-state index contributed by atoms with van der Waals surface area (Å²) in [6.07, 6.45) is -0.506. The lowest BCUT2D eigenvalue weighted by Gasteiger charge is -2.28. The molecular weight excluding hydrogens is 474 g/mol. The van der Waals surface area contributed by atoms with Crippen LogP contribution in [-0.4, -0.2) is 27.4 Å². The van der Waals surface area contributed by atoms with Gasteiger partial charge in [0.1, 0.15) is 11.9 Å². The molecule has 0 aliphatic carbocycles.